The van der Waals surface area contributed by atoms with Gasteiger partial charge in [-0.05, 0) is 49.4 Å². The van der Waals surface area contributed by atoms with E-state index in [0.29, 0.717) is 39.3 Å². The lowest BCUT2D eigenvalue weighted by atomic mass is 10.0. The first kappa shape index (κ1) is 25.5. The number of methoxy groups -OCH3 is 2. The van der Waals surface area contributed by atoms with E-state index in [1.807, 2.05) is 60.7 Å². The number of carbonyl (C=O) groups is 2. The second-order valence-electron chi connectivity index (χ2n) is 8.47. The van der Waals surface area contributed by atoms with Gasteiger partial charge in [0.15, 0.2) is 17.3 Å². The second kappa shape index (κ2) is 11.1. The van der Waals surface area contributed by atoms with E-state index in [1.54, 1.807) is 39.3 Å². The highest BCUT2D eigenvalue weighted by Crippen LogP contribution is 2.33. The standard InChI is InChI=1S/C30H26N4O5/c1-4-39-30(36)23-18-31-34(20-10-6-5-7-11-20)28(23)33-29(35)22-17-25(32-24-13-9-8-12-21(22)24)19-14-15-26(37-2)27(16-19)38-3/h5-18H,4H2,1-3H3,(H,33,35). The zero-order chi connectivity index (χ0) is 27.4. The molecule has 2 aromatic heterocycles. The van der Waals surface area contributed by atoms with Crippen molar-refractivity contribution < 1.29 is 23.8 Å². The molecular formula is C30H26N4O5. The number of rotatable bonds is 8. The van der Waals surface area contributed by atoms with Crippen LogP contribution in [0, 0.1) is 0 Å². The quantitative estimate of drug-likeness (QED) is 0.267. The predicted molar refractivity (Wildman–Crippen MR) is 148 cm³/mol. The number of para-hydroxylation sites is 2. The first-order chi connectivity index (χ1) is 19.0. The predicted octanol–water partition coefficient (Wildman–Crippen LogP) is 5.53. The van der Waals surface area contributed by atoms with E-state index in [4.69, 9.17) is 19.2 Å². The third-order valence-electron chi connectivity index (χ3n) is 6.14. The lowest BCUT2D eigenvalue weighted by molar-refractivity contribution is 0.0527. The maximum absolute atomic E-state index is 13.9. The van der Waals surface area contributed by atoms with Crippen LogP contribution in [-0.4, -0.2) is 47.5 Å². The fraction of sp³-hybridized carbons (Fsp3) is 0.133. The number of pyridine rings is 1. The molecule has 39 heavy (non-hydrogen) atoms. The highest BCUT2D eigenvalue weighted by Gasteiger charge is 2.23. The molecule has 0 unspecified atom stereocenters. The van der Waals surface area contributed by atoms with Crippen molar-refractivity contribution in [2.45, 2.75) is 6.92 Å². The summed E-state index contributed by atoms with van der Waals surface area (Å²) in [4.78, 5) is 31.4. The van der Waals surface area contributed by atoms with Crippen LogP contribution < -0.4 is 14.8 Å². The Hall–Kier alpha value is -5.18. The van der Waals surface area contributed by atoms with Crippen molar-refractivity contribution in [3.05, 3.63) is 96.2 Å². The van der Waals surface area contributed by atoms with E-state index in [9.17, 15) is 9.59 Å². The maximum Gasteiger partial charge on any atom is 0.343 e. The van der Waals surface area contributed by atoms with E-state index >= 15 is 0 Å². The monoisotopic (exact) mass is 522 g/mol. The van der Waals surface area contributed by atoms with Gasteiger partial charge in [0.05, 0.1) is 49.5 Å². The normalized spacial score (nSPS) is 10.7. The summed E-state index contributed by atoms with van der Waals surface area (Å²) in [6.07, 6.45) is 1.39. The molecule has 9 heteroatoms. The fourth-order valence-corrected chi connectivity index (χ4v) is 4.27. The summed E-state index contributed by atoms with van der Waals surface area (Å²) < 4.78 is 17.5. The van der Waals surface area contributed by atoms with Crippen LogP contribution in [-0.2, 0) is 4.74 Å². The van der Waals surface area contributed by atoms with Crippen molar-refractivity contribution in [2.24, 2.45) is 0 Å². The summed E-state index contributed by atoms with van der Waals surface area (Å²) in [7, 11) is 3.13. The number of aromatic nitrogens is 3. The number of hydrogen-bond donors (Lipinski definition) is 1. The Morgan fingerprint density at radius 1 is 0.872 bits per heavy atom. The fourth-order valence-electron chi connectivity index (χ4n) is 4.27. The molecule has 0 saturated carbocycles. The third-order valence-corrected chi connectivity index (χ3v) is 6.14. The number of nitrogens with zero attached hydrogens (tertiary/aromatic N) is 3. The van der Waals surface area contributed by atoms with Crippen molar-refractivity contribution >= 4 is 28.6 Å². The van der Waals surface area contributed by atoms with E-state index in [1.165, 1.54) is 10.9 Å². The number of carbonyl (C=O) groups excluding carboxylic acids is 2. The minimum Gasteiger partial charge on any atom is -0.493 e. The highest BCUT2D eigenvalue weighted by molar-refractivity contribution is 6.14. The average Bonchev–Trinajstić information content (AvgIpc) is 3.40. The molecule has 0 aliphatic rings. The number of hydrogen-bond acceptors (Lipinski definition) is 7. The minimum absolute atomic E-state index is 0.146. The first-order valence-corrected chi connectivity index (χ1v) is 12.3. The summed E-state index contributed by atoms with van der Waals surface area (Å²) >= 11 is 0. The summed E-state index contributed by atoms with van der Waals surface area (Å²) in [6.45, 7) is 1.91. The van der Waals surface area contributed by atoms with Gasteiger partial charge in [-0.2, -0.15) is 5.10 Å². The lowest BCUT2D eigenvalue weighted by Gasteiger charge is -2.14. The van der Waals surface area contributed by atoms with E-state index in [2.05, 4.69) is 10.4 Å². The molecule has 0 spiro atoms. The SMILES string of the molecule is CCOC(=O)c1cnn(-c2ccccc2)c1NC(=O)c1cc(-c2ccc(OC)c(OC)c2)nc2ccccc12. The van der Waals surface area contributed by atoms with Gasteiger partial charge in [0, 0.05) is 10.9 Å². The molecular weight excluding hydrogens is 496 g/mol. The number of anilines is 1. The highest BCUT2D eigenvalue weighted by atomic mass is 16.5. The molecule has 196 valence electrons. The third kappa shape index (κ3) is 5.02. The van der Waals surface area contributed by atoms with Crippen LogP contribution in [0.4, 0.5) is 5.82 Å². The second-order valence-corrected chi connectivity index (χ2v) is 8.47. The van der Waals surface area contributed by atoms with Crippen LogP contribution in [0.15, 0.2) is 85.1 Å². The van der Waals surface area contributed by atoms with Crippen LogP contribution in [0.5, 0.6) is 11.5 Å². The van der Waals surface area contributed by atoms with E-state index < -0.39 is 11.9 Å². The Morgan fingerprint density at radius 2 is 1.62 bits per heavy atom. The number of benzene rings is 3. The van der Waals surface area contributed by atoms with E-state index in [0.717, 1.165) is 5.56 Å². The van der Waals surface area contributed by atoms with Crippen LogP contribution in [0.3, 0.4) is 0 Å². The molecule has 5 aromatic rings. The Balaban J connectivity index is 1.61. The van der Waals surface area contributed by atoms with Gasteiger partial charge in [0.1, 0.15) is 5.56 Å². The number of esters is 1. The minimum atomic E-state index is -0.583. The van der Waals surface area contributed by atoms with Gasteiger partial charge in [-0.25, -0.2) is 14.5 Å². The molecule has 2 heterocycles. The number of nitrogens with one attached hydrogen (secondary N) is 1. The topological polar surface area (TPSA) is 105 Å². The molecule has 3 aromatic carbocycles. The van der Waals surface area contributed by atoms with Gasteiger partial charge >= 0.3 is 5.97 Å². The van der Waals surface area contributed by atoms with Crippen molar-refractivity contribution in [3.8, 4) is 28.4 Å². The van der Waals surface area contributed by atoms with Gasteiger partial charge < -0.3 is 19.5 Å². The molecule has 0 fully saturated rings. The Kier molecular flexibility index (Phi) is 7.22. The summed E-state index contributed by atoms with van der Waals surface area (Å²) in [5, 5.41) is 7.93. The average molecular weight is 523 g/mol. The summed E-state index contributed by atoms with van der Waals surface area (Å²) in [6, 6.07) is 23.8. The van der Waals surface area contributed by atoms with Crippen molar-refractivity contribution in [3.63, 3.8) is 0 Å². The van der Waals surface area contributed by atoms with Gasteiger partial charge in [-0.3, -0.25) is 4.79 Å². The Bertz CT molecular complexity index is 1660. The maximum atomic E-state index is 13.9. The Labute approximate surface area is 225 Å². The molecule has 0 saturated heterocycles. The lowest BCUT2D eigenvalue weighted by Crippen LogP contribution is -2.18. The molecule has 1 amide bonds. The molecule has 0 aliphatic carbocycles. The molecule has 0 bridgehead atoms. The zero-order valence-corrected chi connectivity index (χ0v) is 21.7. The molecule has 9 nitrogen and oxygen atoms in total. The molecule has 0 radical (unpaired) electrons. The summed E-state index contributed by atoms with van der Waals surface area (Å²) in [5.74, 6) is 0.319. The van der Waals surface area contributed by atoms with Crippen LogP contribution >= 0.6 is 0 Å². The van der Waals surface area contributed by atoms with Crippen LogP contribution in [0.1, 0.15) is 27.6 Å². The van der Waals surface area contributed by atoms with Crippen LogP contribution in [0.25, 0.3) is 27.8 Å². The number of amides is 1. The van der Waals surface area contributed by atoms with Gasteiger partial charge in [0.2, 0.25) is 0 Å². The van der Waals surface area contributed by atoms with Gasteiger partial charge in [-0.1, -0.05) is 36.4 Å². The van der Waals surface area contributed by atoms with Gasteiger partial charge in [0.25, 0.3) is 5.91 Å². The largest absolute Gasteiger partial charge is 0.493 e. The molecule has 0 aliphatic heterocycles. The number of fused-ring (bicyclic) bond motifs is 1. The van der Waals surface area contributed by atoms with Gasteiger partial charge in [-0.15, -0.1) is 0 Å². The number of ether oxygens (including phenoxy) is 3. The van der Waals surface area contributed by atoms with E-state index in [-0.39, 0.29) is 18.0 Å². The first-order valence-electron chi connectivity index (χ1n) is 12.3. The van der Waals surface area contributed by atoms with Crippen molar-refractivity contribution in [2.75, 3.05) is 26.1 Å². The molecule has 5 rings (SSSR count). The van der Waals surface area contributed by atoms with Crippen LogP contribution in [0.2, 0.25) is 0 Å². The Morgan fingerprint density at radius 3 is 2.36 bits per heavy atom. The molecule has 0 atom stereocenters. The summed E-state index contributed by atoms with van der Waals surface area (Å²) in [5.41, 5.74) is 3.15. The molecule has 1 N–H and O–H groups in total. The smallest absolute Gasteiger partial charge is 0.343 e. The zero-order valence-electron chi connectivity index (χ0n) is 21.7. The van der Waals surface area contributed by atoms with Crippen molar-refractivity contribution in [1.29, 1.82) is 0 Å². The van der Waals surface area contributed by atoms with Crippen molar-refractivity contribution in [1.82, 2.24) is 14.8 Å².